The first-order chi connectivity index (χ1) is 18.1. The van der Waals surface area contributed by atoms with Crippen molar-refractivity contribution < 1.29 is 28.3 Å². The summed E-state index contributed by atoms with van der Waals surface area (Å²) in [5.74, 6) is -4.46. The van der Waals surface area contributed by atoms with Crippen molar-refractivity contribution in [2.24, 2.45) is 0 Å². The molecule has 0 saturated carbocycles. The molecule has 9 nitrogen and oxygen atoms in total. The highest BCUT2D eigenvalue weighted by Gasteiger charge is 2.47. The van der Waals surface area contributed by atoms with E-state index in [1.165, 1.54) is 17.2 Å². The van der Waals surface area contributed by atoms with Crippen molar-refractivity contribution in [2.45, 2.75) is 31.4 Å². The number of hydrogen-bond acceptors (Lipinski definition) is 5. The predicted octanol–water partition coefficient (Wildman–Crippen LogP) is 3.43. The van der Waals surface area contributed by atoms with Crippen LogP contribution in [0.1, 0.15) is 27.9 Å². The molecule has 2 aliphatic heterocycles. The van der Waals surface area contributed by atoms with E-state index in [0.29, 0.717) is 30.4 Å². The van der Waals surface area contributed by atoms with Gasteiger partial charge in [-0.3, -0.25) is 14.6 Å². The van der Waals surface area contributed by atoms with Crippen LogP contribution in [0.5, 0.6) is 0 Å². The zero-order valence-electron chi connectivity index (χ0n) is 20.2. The number of likely N-dealkylation sites (tertiary alicyclic amines) is 1. The van der Waals surface area contributed by atoms with Crippen LogP contribution in [-0.4, -0.2) is 69.4 Å². The maximum absolute atomic E-state index is 13.7. The van der Waals surface area contributed by atoms with Crippen molar-refractivity contribution in [1.82, 2.24) is 20.1 Å². The van der Waals surface area contributed by atoms with Crippen LogP contribution in [-0.2, 0) is 17.8 Å². The minimum absolute atomic E-state index is 0.267. The number of halogens is 2. The van der Waals surface area contributed by atoms with E-state index in [2.05, 4.69) is 10.3 Å². The summed E-state index contributed by atoms with van der Waals surface area (Å²) in [7, 11) is 0. The number of carboxylic acid groups (broad SMARTS) is 1. The Kier molecular flexibility index (Phi) is 6.40. The number of benzene rings is 2. The molecule has 1 fully saturated rings. The SMILES string of the molecule is N#C[C@@H]1CC(F)(F)CN1C(=O)CNC(=O)c1ccnc2ccc(-c3ccc4c(c3)CCN(C(=O)O)C4)cc12. The molecular weight excluding hydrogens is 496 g/mol. The molecule has 0 unspecified atom stereocenters. The third-order valence-electron chi connectivity index (χ3n) is 6.95. The van der Waals surface area contributed by atoms with Crippen LogP contribution in [0.2, 0.25) is 0 Å². The van der Waals surface area contributed by atoms with E-state index in [4.69, 9.17) is 5.26 Å². The van der Waals surface area contributed by atoms with Crippen molar-refractivity contribution in [3.8, 4) is 17.2 Å². The molecule has 1 saturated heterocycles. The number of nitrogens with zero attached hydrogens (tertiary/aromatic N) is 4. The smallest absolute Gasteiger partial charge is 0.407 e. The van der Waals surface area contributed by atoms with E-state index in [1.807, 2.05) is 30.3 Å². The lowest BCUT2D eigenvalue weighted by atomic mass is 9.93. The van der Waals surface area contributed by atoms with E-state index in [1.54, 1.807) is 12.1 Å². The van der Waals surface area contributed by atoms with E-state index in [0.717, 1.165) is 27.2 Å². The van der Waals surface area contributed by atoms with Gasteiger partial charge >= 0.3 is 6.09 Å². The summed E-state index contributed by atoms with van der Waals surface area (Å²) in [5, 5.41) is 21.4. The van der Waals surface area contributed by atoms with Gasteiger partial charge in [0.25, 0.3) is 11.8 Å². The summed E-state index contributed by atoms with van der Waals surface area (Å²) >= 11 is 0. The fraction of sp³-hybridized carbons (Fsp3) is 0.296. The second kappa shape index (κ2) is 9.70. The molecule has 0 radical (unpaired) electrons. The van der Waals surface area contributed by atoms with Crippen LogP contribution in [0.3, 0.4) is 0 Å². The highest BCUT2D eigenvalue weighted by molar-refractivity contribution is 6.07. The van der Waals surface area contributed by atoms with Gasteiger partial charge in [-0.25, -0.2) is 13.6 Å². The number of alkyl halides is 2. The summed E-state index contributed by atoms with van der Waals surface area (Å²) in [6, 6.07) is 13.3. The first kappa shape index (κ1) is 25.1. The van der Waals surface area contributed by atoms with Crippen LogP contribution < -0.4 is 5.32 Å². The molecule has 1 atom stereocenters. The number of nitrogens with one attached hydrogen (secondary N) is 1. The average molecular weight is 520 g/mol. The number of hydrogen-bond donors (Lipinski definition) is 2. The molecule has 11 heteroatoms. The number of fused-ring (bicyclic) bond motifs is 2. The Morgan fingerprint density at radius 2 is 1.89 bits per heavy atom. The quantitative estimate of drug-likeness (QED) is 0.544. The maximum atomic E-state index is 13.7. The number of rotatable bonds is 4. The van der Waals surface area contributed by atoms with Gasteiger partial charge in [0, 0.05) is 31.1 Å². The number of aromatic nitrogens is 1. The largest absolute Gasteiger partial charge is 0.465 e. The Morgan fingerprint density at radius 3 is 2.66 bits per heavy atom. The number of carbonyl (C=O) groups is 3. The summed E-state index contributed by atoms with van der Waals surface area (Å²) < 4.78 is 27.4. The third-order valence-corrected chi connectivity index (χ3v) is 6.95. The molecule has 2 aromatic carbocycles. The molecule has 3 heterocycles. The lowest BCUT2D eigenvalue weighted by Crippen LogP contribution is -2.43. The van der Waals surface area contributed by atoms with E-state index >= 15 is 0 Å². The predicted molar refractivity (Wildman–Crippen MR) is 132 cm³/mol. The first-order valence-corrected chi connectivity index (χ1v) is 12.0. The first-order valence-electron chi connectivity index (χ1n) is 12.0. The van der Waals surface area contributed by atoms with Crippen molar-refractivity contribution in [3.05, 3.63) is 65.4 Å². The van der Waals surface area contributed by atoms with Gasteiger partial charge in [-0.05, 0) is 46.9 Å². The van der Waals surface area contributed by atoms with Gasteiger partial charge < -0.3 is 20.2 Å². The molecule has 194 valence electrons. The van der Waals surface area contributed by atoms with Gasteiger partial charge in [0.1, 0.15) is 6.04 Å². The lowest BCUT2D eigenvalue weighted by molar-refractivity contribution is -0.131. The Hall–Kier alpha value is -4.59. The molecule has 0 aliphatic carbocycles. The van der Waals surface area contributed by atoms with Crippen LogP contribution in [0.15, 0.2) is 48.7 Å². The molecule has 5 rings (SSSR count). The summed E-state index contributed by atoms with van der Waals surface area (Å²) in [6.07, 6.45) is 0.402. The molecular formula is C27H23F2N5O4. The fourth-order valence-corrected chi connectivity index (χ4v) is 4.97. The molecule has 3 aromatic rings. The minimum Gasteiger partial charge on any atom is -0.465 e. The Labute approximate surface area is 216 Å². The molecule has 0 bridgehead atoms. The molecule has 38 heavy (non-hydrogen) atoms. The van der Waals surface area contributed by atoms with Crippen LogP contribution in [0.4, 0.5) is 13.6 Å². The summed E-state index contributed by atoms with van der Waals surface area (Å²) in [6.45, 7) is -0.619. The van der Waals surface area contributed by atoms with Crippen molar-refractivity contribution in [3.63, 3.8) is 0 Å². The highest BCUT2D eigenvalue weighted by Crippen LogP contribution is 2.32. The average Bonchev–Trinajstić information content (AvgIpc) is 3.24. The van der Waals surface area contributed by atoms with Gasteiger partial charge in [-0.2, -0.15) is 5.26 Å². The molecule has 3 amide bonds. The van der Waals surface area contributed by atoms with E-state index in [-0.39, 0.29) is 5.56 Å². The van der Waals surface area contributed by atoms with Crippen LogP contribution in [0.25, 0.3) is 22.0 Å². The number of amides is 3. The molecule has 2 N–H and O–H groups in total. The van der Waals surface area contributed by atoms with Crippen molar-refractivity contribution in [1.29, 1.82) is 5.26 Å². The van der Waals surface area contributed by atoms with Crippen molar-refractivity contribution in [2.75, 3.05) is 19.6 Å². The Bertz CT molecular complexity index is 1500. The molecule has 2 aliphatic rings. The fourth-order valence-electron chi connectivity index (χ4n) is 4.97. The maximum Gasteiger partial charge on any atom is 0.407 e. The second-order valence-electron chi connectivity index (χ2n) is 9.44. The topological polar surface area (TPSA) is 127 Å². The zero-order valence-corrected chi connectivity index (χ0v) is 20.2. The summed E-state index contributed by atoms with van der Waals surface area (Å²) in [4.78, 5) is 43.3. The second-order valence-corrected chi connectivity index (χ2v) is 9.44. The van der Waals surface area contributed by atoms with Crippen LogP contribution >= 0.6 is 0 Å². The van der Waals surface area contributed by atoms with E-state index in [9.17, 15) is 28.3 Å². The monoisotopic (exact) mass is 519 g/mol. The molecule has 0 spiro atoms. The number of pyridine rings is 1. The Morgan fingerprint density at radius 1 is 1.13 bits per heavy atom. The third kappa shape index (κ3) is 4.85. The lowest BCUT2D eigenvalue weighted by Gasteiger charge is -2.26. The minimum atomic E-state index is -3.13. The van der Waals surface area contributed by atoms with Gasteiger partial charge in [0.15, 0.2) is 0 Å². The number of carbonyl (C=O) groups excluding carboxylic acids is 2. The number of nitriles is 1. The standard InChI is InChI=1S/C27H23F2N5O4/c28-27(29)11-20(12-30)34(15-27)24(35)13-32-25(36)21-5-7-31-23-4-3-17(10-22(21)23)16-1-2-19-14-33(26(37)38)8-6-18(19)9-16/h1-5,7,9-10,20H,6,8,11,13-15H2,(H,32,36)(H,37,38)/t20-/m0/s1. The highest BCUT2D eigenvalue weighted by atomic mass is 19.3. The molecule has 1 aromatic heterocycles. The van der Waals surface area contributed by atoms with Gasteiger partial charge in [0.2, 0.25) is 5.91 Å². The van der Waals surface area contributed by atoms with Gasteiger partial charge in [0.05, 0.1) is 30.2 Å². The zero-order chi connectivity index (χ0) is 27.0. The Balaban J connectivity index is 1.36. The summed E-state index contributed by atoms with van der Waals surface area (Å²) in [5.41, 5.74) is 4.57. The van der Waals surface area contributed by atoms with Gasteiger partial charge in [-0.1, -0.05) is 24.3 Å². The van der Waals surface area contributed by atoms with Crippen LogP contribution in [0, 0.1) is 11.3 Å². The van der Waals surface area contributed by atoms with E-state index < -0.39 is 49.4 Å². The normalized spacial score (nSPS) is 18.1. The van der Waals surface area contributed by atoms with Crippen molar-refractivity contribution >= 4 is 28.8 Å². The van der Waals surface area contributed by atoms with Gasteiger partial charge in [-0.15, -0.1) is 0 Å².